The van der Waals surface area contributed by atoms with Gasteiger partial charge >= 0.3 is 0 Å². The number of thiazole rings is 1. The monoisotopic (exact) mass is 402 g/mol. The van der Waals surface area contributed by atoms with Crippen molar-refractivity contribution in [1.29, 1.82) is 0 Å². The van der Waals surface area contributed by atoms with Gasteiger partial charge in [0.1, 0.15) is 0 Å². The van der Waals surface area contributed by atoms with E-state index in [1.165, 1.54) is 5.56 Å². The maximum absolute atomic E-state index is 12.3. The van der Waals surface area contributed by atoms with Crippen molar-refractivity contribution in [2.45, 2.75) is 70.4 Å². The Kier molecular flexibility index (Phi) is 6.35. The molecule has 0 bridgehead atoms. The standard InChI is InChI=1S/C21H30N4O2S/c1-4-18(26)24-15(12-23-20(27)21(22)8-5-9-21)11-19-25-16-7-6-14(13(2)3)10-17(16)28-19/h6-7,10,13,15H,4-5,8-9,11-12,22H2,1-3H3,(H,23,27)(H,24,26)/t15-/m0/s1. The van der Waals surface area contributed by atoms with Crippen LogP contribution in [-0.2, 0) is 16.0 Å². The average Bonchev–Trinajstić information content (AvgIpc) is 3.04. The van der Waals surface area contributed by atoms with Gasteiger partial charge < -0.3 is 16.4 Å². The van der Waals surface area contributed by atoms with E-state index in [1.54, 1.807) is 11.3 Å². The summed E-state index contributed by atoms with van der Waals surface area (Å²) >= 11 is 1.65. The summed E-state index contributed by atoms with van der Waals surface area (Å²) in [6.45, 7) is 6.53. The van der Waals surface area contributed by atoms with Crippen LogP contribution in [-0.4, -0.2) is 34.9 Å². The number of hydrogen-bond acceptors (Lipinski definition) is 5. The zero-order chi connectivity index (χ0) is 20.3. The van der Waals surface area contributed by atoms with Crippen molar-refractivity contribution < 1.29 is 9.59 Å². The molecule has 28 heavy (non-hydrogen) atoms. The van der Waals surface area contributed by atoms with Gasteiger partial charge in [-0.1, -0.05) is 26.8 Å². The lowest BCUT2D eigenvalue weighted by Crippen LogP contribution is -2.60. The fourth-order valence-electron chi connectivity index (χ4n) is 3.33. The first-order valence-corrected chi connectivity index (χ1v) is 10.9. The molecular weight excluding hydrogens is 372 g/mol. The molecule has 1 fully saturated rings. The van der Waals surface area contributed by atoms with E-state index < -0.39 is 5.54 Å². The lowest BCUT2D eigenvalue weighted by atomic mass is 9.77. The van der Waals surface area contributed by atoms with Gasteiger partial charge in [-0.2, -0.15) is 0 Å². The normalized spacial score (nSPS) is 16.6. The fourth-order valence-corrected chi connectivity index (χ4v) is 4.42. The summed E-state index contributed by atoms with van der Waals surface area (Å²) in [6.07, 6.45) is 3.43. The molecule has 4 N–H and O–H groups in total. The molecule has 1 aromatic heterocycles. The predicted octanol–water partition coefficient (Wildman–Crippen LogP) is 2.85. The van der Waals surface area contributed by atoms with Crippen molar-refractivity contribution >= 4 is 33.4 Å². The molecule has 1 aliphatic carbocycles. The van der Waals surface area contributed by atoms with E-state index in [0.29, 0.717) is 25.3 Å². The summed E-state index contributed by atoms with van der Waals surface area (Å²) in [5.41, 5.74) is 7.63. The molecule has 152 valence electrons. The summed E-state index contributed by atoms with van der Waals surface area (Å²) < 4.78 is 1.15. The summed E-state index contributed by atoms with van der Waals surface area (Å²) in [6, 6.07) is 6.16. The van der Waals surface area contributed by atoms with Crippen LogP contribution in [0.15, 0.2) is 18.2 Å². The Hall–Kier alpha value is -1.99. The first-order chi connectivity index (χ1) is 13.3. The number of fused-ring (bicyclic) bond motifs is 1. The number of carbonyl (C=O) groups is 2. The van der Waals surface area contributed by atoms with Gasteiger partial charge in [-0.3, -0.25) is 9.59 Å². The maximum Gasteiger partial charge on any atom is 0.240 e. The van der Waals surface area contributed by atoms with E-state index in [0.717, 1.165) is 34.5 Å². The first kappa shape index (κ1) is 20.7. The largest absolute Gasteiger partial charge is 0.352 e. The minimum absolute atomic E-state index is 0.0337. The number of carbonyl (C=O) groups excluding carboxylic acids is 2. The van der Waals surface area contributed by atoms with Crippen molar-refractivity contribution in [1.82, 2.24) is 15.6 Å². The van der Waals surface area contributed by atoms with Crippen LogP contribution in [0.4, 0.5) is 0 Å². The smallest absolute Gasteiger partial charge is 0.240 e. The molecule has 2 amide bonds. The van der Waals surface area contributed by atoms with E-state index in [9.17, 15) is 9.59 Å². The molecule has 0 saturated heterocycles. The van der Waals surface area contributed by atoms with Gasteiger partial charge in [-0.15, -0.1) is 11.3 Å². The molecule has 1 aliphatic rings. The Morgan fingerprint density at radius 1 is 1.32 bits per heavy atom. The van der Waals surface area contributed by atoms with Crippen LogP contribution in [0.1, 0.15) is 62.9 Å². The molecule has 2 aromatic rings. The second kappa shape index (κ2) is 8.57. The molecule has 1 heterocycles. The van der Waals surface area contributed by atoms with Crippen molar-refractivity contribution in [3.8, 4) is 0 Å². The minimum Gasteiger partial charge on any atom is -0.352 e. The molecule has 1 saturated carbocycles. The van der Waals surface area contributed by atoms with Crippen molar-refractivity contribution in [3.63, 3.8) is 0 Å². The number of aromatic nitrogens is 1. The second-order valence-corrected chi connectivity index (χ2v) is 9.15. The van der Waals surface area contributed by atoms with E-state index >= 15 is 0 Å². The zero-order valence-corrected chi connectivity index (χ0v) is 17.7. The van der Waals surface area contributed by atoms with Gasteiger partial charge in [0, 0.05) is 19.4 Å². The lowest BCUT2D eigenvalue weighted by molar-refractivity contribution is -0.129. The molecule has 0 radical (unpaired) electrons. The van der Waals surface area contributed by atoms with E-state index in [2.05, 4.69) is 42.7 Å². The van der Waals surface area contributed by atoms with Gasteiger partial charge in [0.05, 0.1) is 26.8 Å². The third-order valence-electron chi connectivity index (χ3n) is 5.44. The highest BCUT2D eigenvalue weighted by molar-refractivity contribution is 7.18. The van der Waals surface area contributed by atoms with Crippen LogP contribution in [0.25, 0.3) is 10.2 Å². The minimum atomic E-state index is -0.734. The average molecular weight is 403 g/mol. The summed E-state index contributed by atoms with van der Waals surface area (Å²) in [7, 11) is 0. The Balaban J connectivity index is 1.70. The Labute approximate surface area is 170 Å². The van der Waals surface area contributed by atoms with E-state index in [4.69, 9.17) is 10.7 Å². The van der Waals surface area contributed by atoms with Gasteiger partial charge in [-0.25, -0.2) is 4.98 Å². The van der Waals surface area contributed by atoms with Gasteiger partial charge in [0.25, 0.3) is 0 Å². The first-order valence-electron chi connectivity index (χ1n) is 10.1. The van der Waals surface area contributed by atoms with Crippen LogP contribution < -0.4 is 16.4 Å². The van der Waals surface area contributed by atoms with Crippen LogP contribution in [0, 0.1) is 0 Å². The molecule has 3 rings (SSSR count). The highest BCUT2D eigenvalue weighted by Crippen LogP contribution is 2.29. The third-order valence-corrected chi connectivity index (χ3v) is 6.48. The van der Waals surface area contributed by atoms with E-state index in [1.807, 2.05) is 6.92 Å². The zero-order valence-electron chi connectivity index (χ0n) is 16.9. The number of hydrogen-bond donors (Lipinski definition) is 3. The lowest BCUT2D eigenvalue weighted by Gasteiger charge is -2.36. The van der Waals surface area contributed by atoms with Gasteiger partial charge in [-0.05, 0) is 42.9 Å². The van der Waals surface area contributed by atoms with E-state index in [-0.39, 0.29) is 17.9 Å². The summed E-state index contributed by atoms with van der Waals surface area (Å²) in [5.74, 6) is 0.311. The number of nitrogens with two attached hydrogens (primary N) is 1. The molecule has 0 aliphatic heterocycles. The third kappa shape index (κ3) is 4.70. The molecule has 7 heteroatoms. The highest BCUT2D eigenvalue weighted by Gasteiger charge is 2.40. The van der Waals surface area contributed by atoms with Crippen LogP contribution >= 0.6 is 11.3 Å². The predicted molar refractivity (Wildman–Crippen MR) is 113 cm³/mol. The molecule has 1 aromatic carbocycles. The van der Waals surface area contributed by atoms with Crippen molar-refractivity contribution in [2.24, 2.45) is 5.73 Å². The molecule has 0 unspecified atom stereocenters. The quantitative estimate of drug-likeness (QED) is 0.632. The number of benzene rings is 1. The summed E-state index contributed by atoms with van der Waals surface area (Å²) in [4.78, 5) is 29.0. The fraction of sp³-hybridized carbons (Fsp3) is 0.571. The van der Waals surface area contributed by atoms with Crippen LogP contribution in [0.2, 0.25) is 0 Å². The molecule has 6 nitrogen and oxygen atoms in total. The molecular formula is C21H30N4O2S. The Bertz CT molecular complexity index is 857. The summed E-state index contributed by atoms with van der Waals surface area (Å²) in [5, 5.41) is 6.89. The SMILES string of the molecule is CCC(=O)N[C@H](CNC(=O)C1(N)CCC1)Cc1nc2ccc(C(C)C)cc2s1. The van der Waals surface area contributed by atoms with Crippen molar-refractivity contribution in [3.05, 3.63) is 28.8 Å². The Morgan fingerprint density at radius 3 is 2.68 bits per heavy atom. The highest BCUT2D eigenvalue weighted by atomic mass is 32.1. The maximum atomic E-state index is 12.3. The topological polar surface area (TPSA) is 97.1 Å². The van der Waals surface area contributed by atoms with Crippen molar-refractivity contribution in [2.75, 3.05) is 6.54 Å². The number of nitrogens with one attached hydrogen (secondary N) is 2. The Morgan fingerprint density at radius 2 is 2.07 bits per heavy atom. The van der Waals surface area contributed by atoms with Gasteiger partial charge in [0.15, 0.2) is 0 Å². The number of amides is 2. The molecule has 0 spiro atoms. The van der Waals surface area contributed by atoms with Gasteiger partial charge in [0.2, 0.25) is 11.8 Å². The van der Waals surface area contributed by atoms with Crippen LogP contribution in [0.3, 0.4) is 0 Å². The second-order valence-electron chi connectivity index (χ2n) is 8.03. The molecule has 1 atom stereocenters. The number of rotatable bonds is 8. The number of nitrogens with zero attached hydrogens (tertiary/aromatic N) is 1. The van der Waals surface area contributed by atoms with Crippen LogP contribution in [0.5, 0.6) is 0 Å².